The Morgan fingerprint density at radius 1 is 1.38 bits per heavy atom. The van der Waals surface area contributed by atoms with Crippen LogP contribution in [-0.2, 0) is 11.2 Å². The molecule has 1 atom stereocenters. The van der Waals surface area contributed by atoms with Gasteiger partial charge in [-0.15, -0.1) is 0 Å². The lowest BCUT2D eigenvalue weighted by Crippen LogP contribution is -2.41. The Kier molecular flexibility index (Phi) is 4.53. The highest BCUT2D eigenvalue weighted by Crippen LogP contribution is 2.18. The van der Waals surface area contributed by atoms with Gasteiger partial charge in [0.1, 0.15) is 5.60 Å². The lowest BCUT2D eigenvalue weighted by Gasteiger charge is -2.21. The number of carbonyl (C=O) groups excluding carboxylic acids is 1. The number of aromatic amines is 1. The summed E-state index contributed by atoms with van der Waals surface area (Å²) in [7, 11) is 0. The van der Waals surface area contributed by atoms with Crippen LogP contribution in [0.4, 0.5) is 4.79 Å². The molecule has 5 nitrogen and oxygen atoms in total. The van der Waals surface area contributed by atoms with Gasteiger partial charge in [-0.25, -0.2) is 4.79 Å². The monoisotopic (exact) mass is 289 g/mol. The van der Waals surface area contributed by atoms with Crippen molar-refractivity contribution in [2.24, 2.45) is 5.73 Å². The largest absolute Gasteiger partial charge is 0.444 e. The SMILES string of the molecule is CC(C)(C)OC(=O)NCC(N)Cc1cccc2[nH]ccc12. The van der Waals surface area contributed by atoms with Gasteiger partial charge in [-0.05, 0) is 44.9 Å². The van der Waals surface area contributed by atoms with Crippen LogP contribution in [0.15, 0.2) is 30.5 Å². The molecular weight excluding hydrogens is 266 g/mol. The first-order chi connectivity index (χ1) is 9.85. The standard InChI is InChI=1S/C16H23N3O2/c1-16(2,3)21-15(20)19-10-12(17)9-11-5-4-6-14-13(11)7-8-18-14/h4-8,12,18H,9-10,17H2,1-3H3,(H,19,20). The number of aromatic nitrogens is 1. The van der Waals surface area contributed by atoms with Crippen molar-refractivity contribution in [3.63, 3.8) is 0 Å². The molecule has 0 aliphatic carbocycles. The number of rotatable bonds is 4. The van der Waals surface area contributed by atoms with Crippen LogP contribution in [0.1, 0.15) is 26.3 Å². The quantitative estimate of drug-likeness (QED) is 0.809. The van der Waals surface area contributed by atoms with Crippen LogP contribution in [0.3, 0.4) is 0 Å². The summed E-state index contributed by atoms with van der Waals surface area (Å²) in [5.41, 5.74) is 7.87. The molecule has 1 unspecified atom stereocenters. The number of amides is 1. The number of hydrogen-bond donors (Lipinski definition) is 3. The summed E-state index contributed by atoms with van der Waals surface area (Å²) >= 11 is 0. The van der Waals surface area contributed by atoms with Crippen molar-refractivity contribution in [2.45, 2.75) is 38.8 Å². The van der Waals surface area contributed by atoms with E-state index in [1.807, 2.05) is 45.2 Å². The average Bonchev–Trinajstić information content (AvgIpc) is 2.84. The number of fused-ring (bicyclic) bond motifs is 1. The normalized spacial score (nSPS) is 13.1. The summed E-state index contributed by atoms with van der Waals surface area (Å²) in [6.45, 7) is 5.88. The van der Waals surface area contributed by atoms with Gasteiger partial charge >= 0.3 is 6.09 Å². The number of nitrogens with two attached hydrogens (primary N) is 1. The van der Waals surface area contributed by atoms with E-state index in [1.165, 1.54) is 10.9 Å². The molecule has 0 spiro atoms. The lowest BCUT2D eigenvalue weighted by molar-refractivity contribution is 0.0524. The van der Waals surface area contributed by atoms with Crippen LogP contribution in [0, 0.1) is 0 Å². The van der Waals surface area contributed by atoms with Gasteiger partial charge in [0.05, 0.1) is 0 Å². The molecule has 0 aliphatic rings. The zero-order chi connectivity index (χ0) is 15.5. The number of hydrogen-bond acceptors (Lipinski definition) is 3. The van der Waals surface area contributed by atoms with E-state index in [1.54, 1.807) is 0 Å². The van der Waals surface area contributed by atoms with Crippen molar-refractivity contribution < 1.29 is 9.53 Å². The smallest absolute Gasteiger partial charge is 0.407 e. The second-order valence-corrected chi connectivity index (χ2v) is 6.20. The minimum absolute atomic E-state index is 0.155. The first-order valence-corrected chi connectivity index (χ1v) is 7.12. The molecule has 0 aliphatic heterocycles. The third-order valence-electron chi connectivity index (χ3n) is 3.07. The van der Waals surface area contributed by atoms with E-state index in [2.05, 4.69) is 16.4 Å². The number of ether oxygens (including phenoxy) is 1. The third-order valence-corrected chi connectivity index (χ3v) is 3.07. The molecule has 1 heterocycles. The van der Waals surface area contributed by atoms with Crippen molar-refractivity contribution >= 4 is 17.0 Å². The molecule has 0 saturated heterocycles. The van der Waals surface area contributed by atoms with E-state index in [0.717, 1.165) is 5.52 Å². The number of benzene rings is 1. The molecule has 2 aromatic rings. The maximum Gasteiger partial charge on any atom is 0.407 e. The predicted molar refractivity (Wildman–Crippen MR) is 84.2 cm³/mol. The van der Waals surface area contributed by atoms with Crippen molar-refractivity contribution in [1.82, 2.24) is 10.3 Å². The van der Waals surface area contributed by atoms with Gasteiger partial charge in [0.25, 0.3) is 0 Å². The molecule has 0 bridgehead atoms. The van der Waals surface area contributed by atoms with Crippen LogP contribution in [0.2, 0.25) is 0 Å². The highest BCUT2D eigenvalue weighted by atomic mass is 16.6. The van der Waals surface area contributed by atoms with E-state index in [0.29, 0.717) is 13.0 Å². The van der Waals surface area contributed by atoms with Crippen LogP contribution in [0.5, 0.6) is 0 Å². The summed E-state index contributed by atoms with van der Waals surface area (Å²) in [6, 6.07) is 7.98. The van der Waals surface area contributed by atoms with Gasteiger partial charge in [0, 0.05) is 29.7 Å². The Hall–Kier alpha value is -2.01. The fourth-order valence-electron chi connectivity index (χ4n) is 2.21. The van der Waals surface area contributed by atoms with Crippen molar-refractivity contribution in [3.05, 3.63) is 36.0 Å². The van der Waals surface area contributed by atoms with Gasteiger partial charge < -0.3 is 20.8 Å². The second kappa shape index (κ2) is 6.18. The topological polar surface area (TPSA) is 80.1 Å². The summed E-state index contributed by atoms with van der Waals surface area (Å²) in [5, 5.41) is 3.88. The first-order valence-electron chi connectivity index (χ1n) is 7.12. The van der Waals surface area contributed by atoms with E-state index >= 15 is 0 Å². The van der Waals surface area contributed by atoms with Crippen molar-refractivity contribution in [2.75, 3.05) is 6.54 Å². The minimum Gasteiger partial charge on any atom is -0.444 e. The summed E-state index contributed by atoms with van der Waals surface area (Å²) in [5.74, 6) is 0. The number of H-pyrrole nitrogens is 1. The maximum atomic E-state index is 11.6. The predicted octanol–water partition coefficient (Wildman–Crippen LogP) is 2.56. The molecule has 0 saturated carbocycles. The molecule has 5 heteroatoms. The molecule has 1 aromatic carbocycles. The molecule has 21 heavy (non-hydrogen) atoms. The van der Waals surface area contributed by atoms with Crippen LogP contribution < -0.4 is 11.1 Å². The van der Waals surface area contributed by atoms with Gasteiger partial charge in [0.15, 0.2) is 0 Å². The molecule has 2 rings (SSSR count). The number of alkyl carbamates (subject to hydrolysis) is 1. The number of nitrogens with one attached hydrogen (secondary N) is 2. The highest BCUT2D eigenvalue weighted by molar-refractivity contribution is 5.82. The van der Waals surface area contributed by atoms with E-state index in [4.69, 9.17) is 10.5 Å². The van der Waals surface area contributed by atoms with Gasteiger partial charge in [0.2, 0.25) is 0 Å². The summed E-state index contributed by atoms with van der Waals surface area (Å²) < 4.78 is 5.19. The van der Waals surface area contributed by atoms with E-state index < -0.39 is 11.7 Å². The molecule has 114 valence electrons. The van der Waals surface area contributed by atoms with E-state index in [9.17, 15) is 4.79 Å². The van der Waals surface area contributed by atoms with E-state index in [-0.39, 0.29) is 6.04 Å². The maximum absolute atomic E-state index is 11.6. The highest BCUT2D eigenvalue weighted by Gasteiger charge is 2.16. The Labute approximate surface area is 124 Å². The van der Waals surface area contributed by atoms with Crippen LogP contribution in [-0.4, -0.2) is 29.3 Å². The number of carbonyl (C=O) groups is 1. The Balaban J connectivity index is 1.89. The Morgan fingerprint density at radius 3 is 2.86 bits per heavy atom. The van der Waals surface area contributed by atoms with Crippen LogP contribution in [0.25, 0.3) is 10.9 Å². The zero-order valence-electron chi connectivity index (χ0n) is 12.8. The average molecular weight is 289 g/mol. The Bertz CT molecular complexity index is 613. The fourth-order valence-corrected chi connectivity index (χ4v) is 2.21. The molecule has 4 N–H and O–H groups in total. The van der Waals surface area contributed by atoms with Gasteiger partial charge in [-0.3, -0.25) is 0 Å². The van der Waals surface area contributed by atoms with Gasteiger partial charge in [-0.2, -0.15) is 0 Å². The molecular formula is C16H23N3O2. The second-order valence-electron chi connectivity index (χ2n) is 6.20. The molecule has 0 radical (unpaired) electrons. The molecule has 1 amide bonds. The van der Waals surface area contributed by atoms with Crippen LogP contribution >= 0.6 is 0 Å². The van der Waals surface area contributed by atoms with Crippen molar-refractivity contribution in [3.8, 4) is 0 Å². The lowest BCUT2D eigenvalue weighted by atomic mass is 10.0. The minimum atomic E-state index is -0.495. The summed E-state index contributed by atoms with van der Waals surface area (Å²) in [6.07, 6.45) is 2.18. The third kappa shape index (κ3) is 4.49. The molecule has 0 fully saturated rings. The first kappa shape index (κ1) is 15.4. The zero-order valence-corrected chi connectivity index (χ0v) is 12.8. The van der Waals surface area contributed by atoms with Crippen molar-refractivity contribution in [1.29, 1.82) is 0 Å². The molecule has 1 aromatic heterocycles. The summed E-state index contributed by atoms with van der Waals surface area (Å²) in [4.78, 5) is 14.8. The fraction of sp³-hybridized carbons (Fsp3) is 0.438. The van der Waals surface area contributed by atoms with Gasteiger partial charge in [-0.1, -0.05) is 12.1 Å². The Morgan fingerprint density at radius 2 is 2.14 bits per heavy atom.